The first-order chi connectivity index (χ1) is 21.4. The molecule has 1 atom stereocenters. The van der Waals surface area contributed by atoms with Crippen LogP contribution in [-0.2, 0) is 22.6 Å². The van der Waals surface area contributed by atoms with Crippen LogP contribution in [0.4, 0.5) is 11.8 Å². The minimum Gasteiger partial charge on any atom is -0.465 e. The van der Waals surface area contributed by atoms with Gasteiger partial charge in [-0.25, -0.2) is 9.78 Å². The van der Waals surface area contributed by atoms with E-state index in [0.29, 0.717) is 52.1 Å². The Morgan fingerprint density at radius 1 is 1.02 bits per heavy atom. The van der Waals surface area contributed by atoms with Crippen molar-refractivity contribution in [3.05, 3.63) is 94.0 Å². The fraction of sp³-hybridized carbons (Fsp3) is 0.344. The van der Waals surface area contributed by atoms with E-state index in [1.165, 1.54) is 26.4 Å². The van der Waals surface area contributed by atoms with Gasteiger partial charge in [0, 0.05) is 41.6 Å². The molecule has 1 saturated carbocycles. The van der Waals surface area contributed by atoms with Gasteiger partial charge in [0.15, 0.2) is 0 Å². The number of rotatable bonds is 12. The van der Waals surface area contributed by atoms with E-state index in [2.05, 4.69) is 25.9 Å². The van der Waals surface area contributed by atoms with Crippen molar-refractivity contribution in [2.75, 3.05) is 17.7 Å². The SMILES string of the molecule is COC(=O)c1ccc(CNc2nc(N[C@H](CC3CCCCC3)C(=O)NCc3ccc(Cl)cc3Cl)cc(-n3ccnc3)n2)cc1. The van der Waals surface area contributed by atoms with Gasteiger partial charge in [0.1, 0.15) is 24.0 Å². The predicted molar refractivity (Wildman–Crippen MR) is 171 cm³/mol. The molecule has 0 aliphatic heterocycles. The highest BCUT2D eigenvalue weighted by molar-refractivity contribution is 6.35. The average Bonchev–Trinajstić information content (AvgIpc) is 3.59. The van der Waals surface area contributed by atoms with E-state index >= 15 is 0 Å². The third kappa shape index (κ3) is 8.48. The standard InChI is InChI=1S/C32H35Cl2N7O3/c1-44-31(43)23-9-7-22(8-10-23)18-37-32-39-28(17-29(40-32)41-14-13-35-20-41)38-27(15-21-5-3-2-4-6-21)30(42)36-19-24-11-12-25(33)16-26(24)34/h7-14,16-17,20-21,27H,2-6,15,18-19H2,1H3,(H,36,42)(H2,37,38,39,40)/t27-/m1/s1. The fourth-order valence-electron chi connectivity index (χ4n) is 5.31. The molecule has 0 saturated heterocycles. The maximum Gasteiger partial charge on any atom is 0.337 e. The van der Waals surface area contributed by atoms with Crippen LogP contribution in [-0.4, -0.2) is 44.5 Å². The van der Waals surface area contributed by atoms with Gasteiger partial charge in [0.05, 0.1) is 12.7 Å². The summed E-state index contributed by atoms with van der Waals surface area (Å²) >= 11 is 12.4. The number of imidazole rings is 1. The Kier molecular flexibility index (Phi) is 10.7. The number of esters is 1. The second kappa shape index (κ2) is 15.0. The number of hydrogen-bond donors (Lipinski definition) is 3. The van der Waals surface area contributed by atoms with Crippen molar-refractivity contribution in [2.45, 2.75) is 57.7 Å². The molecule has 4 aromatic rings. The van der Waals surface area contributed by atoms with Crippen molar-refractivity contribution in [3.63, 3.8) is 0 Å². The molecule has 2 aromatic heterocycles. The van der Waals surface area contributed by atoms with Crippen molar-refractivity contribution in [3.8, 4) is 5.82 Å². The van der Waals surface area contributed by atoms with Crippen LogP contribution in [0.15, 0.2) is 67.3 Å². The molecule has 44 heavy (non-hydrogen) atoms. The number of benzene rings is 2. The molecule has 5 rings (SSSR count). The summed E-state index contributed by atoms with van der Waals surface area (Å²) in [5.74, 6) is 1.39. The molecular weight excluding hydrogens is 601 g/mol. The lowest BCUT2D eigenvalue weighted by Crippen LogP contribution is -2.41. The van der Waals surface area contributed by atoms with Crippen LogP contribution in [0.3, 0.4) is 0 Å². The first kappa shape index (κ1) is 31.3. The van der Waals surface area contributed by atoms with Gasteiger partial charge in [-0.05, 0) is 47.7 Å². The van der Waals surface area contributed by atoms with Gasteiger partial charge in [-0.2, -0.15) is 9.97 Å². The van der Waals surface area contributed by atoms with Gasteiger partial charge in [-0.3, -0.25) is 9.36 Å². The molecule has 0 unspecified atom stereocenters. The highest BCUT2D eigenvalue weighted by atomic mass is 35.5. The van der Waals surface area contributed by atoms with Crippen molar-refractivity contribution >= 4 is 46.8 Å². The molecule has 1 aliphatic carbocycles. The van der Waals surface area contributed by atoms with E-state index in [1.54, 1.807) is 53.6 Å². The third-order valence-electron chi connectivity index (χ3n) is 7.71. The smallest absolute Gasteiger partial charge is 0.337 e. The van der Waals surface area contributed by atoms with Gasteiger partial charge < -0.3 is 20.7 Å². The Hall–Kier alpha value is -4.15. The topological polar surface area (TPSA) is 123 Å². The normalized spacial score (nSPS) is 14.1. The third-order valence-corrected chi connectivity index (χ3v) is 8.29. The number of ether oxygens (including phenoxy) is 1. The number of hydrogen-bond acceptors (Lipinski definition) is 8. The summed E-state index contributed by atoms with van der Waals surface area (Å²) in [7, 11) is 1.35. The monoisotopic (exact) mass is 635 g/mol. The second-order valence-corrected chi connectivity index (χ2v) is 11.7. The van der Waals surface area contributed by atoms with Crippen LogP contribution in [0.5, 0.6) is 0 Å². The van der Waals surface area contributed by atoms with E-state index in [1.807, 2.05) is 18.2 Å². The molecule has 2 aromatic carbocycles. The predicted octanol–water partition coefficient (Wildman–Crippen LogP) is 6.44. The van der Waals surface area contributed by atoms with Crippen LogP contribution in [0.2, 0.25) is 10.0 Å². The van der Waals surface area contributed by atoms with Crippen molar-refractivity contribution in [1.82, 2.24) is 24.8 Å². The molecule has 0 bridgehead atoms. The number of carbonyl (C=O) groups excluding carboxylic acids is 2. The lowest BCUT2D eigenvalue weighted by Gasteiger charge is -2.27. The Morgan fingerprint density at radius 3 is 2.52 bits per heavy atom. The van der Waals surface area contributed by atoms with E-state index in [4.69, 9.17) is 32.9 Å². The van der Waals surface area contributed by atoms with Crippen LogP contribution >= 0.6 is 23.2 Å². The van der Waals surface area contributed by atoms with Gasteiger partial charge in [0.2, 0.25) is 11.9 Å². The quantitative estimate of drug-likeness (QED) is 0.152. The molecule has 3 N–H and O–H groups in total. The van der Waals surface area contributed by atoms with Crippen LogP contribution in [0, 0.1) is 5.92 Å². The molecule has 10 nitrogen and oxygen atoms in total. The number of aromatic nitrogens is 4. The van der Waals surface area contributed by atoms with E-state index in [9.17, 15) is 9.59 Å². The molecule has 2 heterocycles. The van der Waals surface area contributed by atoms with E-state index < -0.39 is 6.04 Å². The Labute approximate surface area is 266 Å². The van der Waals surface area contributed by atoms with Gasteiger partial charge in [0.25, 0.3) is 0 Å². The number of carbonyl (C=O) groups is 2. The lowest BCUT2D eigenvalue weighted by molar-refractivity contribution is -0.122. The molecule has 230 valence electrons. The maximum absolute atomic E-state index is 13.6. The molecule has 1 aliphatic rings. The summed E-state index contributed by atoms with van der Waals surface area (Å²) < 4.78 is 6.56. The highest BCUT2D eigenvalue weighted by Gasteiger charge is 2.25. The van der Waals surface area contributed by atoms with Gasteiger partial charge in [-0.1, -0.05) is 73.5 Å². The molecule has 0 spiro atoms. The zero-order valence-corrected chi connectivity index (χ0v) is 25.9. The average molecular weight is 637 g/mol. The largest absolute Gasteiger partial charge is 0.465 e. The Balaban J connectivity index is 1.35. The zero-order chi connectivity index (χ0) is 30.9. The van der Waals surface area contributed by atoms with Crippen molar-refractivity contribution < 1.29 is 14.3 Å². The molecule has 1 fully saturated rings. The molecule has 12 heteroatoms. The lowest BCUT2D eigenvalue weighted by atomic mass is 9.84. The maximum atomic E-state index is 13.6. The summed E-state index contributed by atoms with van der Waals surface area (Å²) in [5, 5.41) is 10.8. The number of halogens is 2. The minimum atomic E-state index is -0.520. The highest BCUT2D eigenvalue weighted by Crippen LogP contribution is 2.29. The van der Waals surface area contributed by atoms with Crippen LogP contribution < -0.4 is 16.0 Å². The number of nitrogens with one attached hydrogen (secondary N) is 3. The van der Waals surface area contributed by atoms with Crippen molar-refractivity contribution in [1.29, 1.82) is 0 Å². The minimum absolute atomic E-state index is 0.135. The molecule has 0 radical (unpaired) electrons. The molecular formula is C32H35Cl2N7O3. The van der Waals surface area contributed by atoms with Gasteiger partial charge in [-0.15, -0.1) is 0 Å². The Morgan fingerprint density at radius 2 is 1.82 bits per heavy atom. The summed E-state index contributed by atoms with van der Waals surface area (Å²) in [5.41, 5.74) is 2.19. The second-order valence-electron chi connectivity index (χ2n) is 10.8. The van der Waals surface area contributed by atoms with Gasteiger partial charge >= 0.3 is 5.97 Å². The van der Waals surface area contributed by atoms with E-state index in [0.717, 1.165) is 24.0 Å². The summed E-state index contributed by atoms with van der Waals surface area (Å²) in [6.07, 6.45) is 11.6. The first-order valence-electron chi connectivity index (χ1n) is 14.6. The summed E-state index contributed by atoms with van der Waals surface area (Å²) in [6, 6.07) is 13.6. The van der Waals surface area contributed by atoms with Crippen molar-refractivity contribution in [2.24, 2.45) is 5.92 Å². The van der Waals surface area contributed by atoms with E-state index in [-0.39, 0.29) is 18.4 Å². The Bertz CT molecular complexity index is 1560. The first-order valence-corrected chi connectivity index (χ1v) is 15.4. The zero-order valence-electron chi connectivity index (χ0n) is 24.4. The fourth-order valence-corrected chi connectivity index (χ4v) is 5.78. The summed E-state index contributed by atoms with van der Waals surface area (Å²) in [6.45, 7) is 0.700. The summed E-state index contributed by atoms with van der Waals surface area (Å²) in [4.78, 5) is 39.0. The number of methoxy groups -OCH3 is 1. The van der Waals surface area contributed by atoms with Crippen LogP contribution in [0.25, 0.3) is 5.82 Å². The van der Waals surface area contributed by atoms with Crippen LogP contribution in [0.1, 0.15) is 60.0 Å². The number of amides is 1. The number of anilines is 2. The molecule has 1 amide bonds. The number of nitrogens with zero attached hydrogens (tertiary/aromatic N) is 4.